The van der Waals surface area contributed by atoms with Gasteiger partial charge in [0.2, 0.25) is 0 Å². The summed E-state index contributed by atoms with van der Waals surface area (Å²) in [5, 5.41) is 31.7. The zero-order valence-electron chi connectivity index (χ0n) is 12.0. The average molecular weight is 397 g/mol. The van der Waals surface area contributed by atoms with Crippen LogP contribution in [0.4, 0.5) is 37.7 Å². The summed E-state index contributed by atoms with van der Waals surface area (Å²) < 4.78 is 76.9. The Bertz CT molecular complexity index is 623. The minimum absolute atomic E-state index is 0.0314. The number of nitrogens with zero attached hydrogens (tertiary/aromatic N) is 1. The Balaban J connectivity index is 3.43. The van der Waals surface area contributed by atoms with Crippen molar-refractivity contribution in [3.05, 3.63) is 33.9 Å². The van der Waals surface area contributed by atoms with Crippen molar-refractivity contribution >= 4 is 23.0 Å². The van der Waals surface area contributed by atoms with Crippen molar-refractivity contribution in [2.24, 2.45) is 0 Å². The highest BCUT2D eigenvalue weighted by atomic mass is 35.5. The van der Waals surface area contributed by atoms with Crippen molar-refractivity contribution < 1.29 is 41.5 Å². The zero-order chi connectivity index (χ0) is 19.6. The molecule has 1 rings (SSSR count). The van der Waals surface area contributed by atoms with Gasteiger partial charge in [0, 0.05) is 18.2 Å². The van der Waals surface area contributed by atoms with E-state index in [2.05, 4.69) is 5.32 Å². The summed E-state index contributed by atoms with van der Waals surface area (Å²) in [4.78, 5) is 9.72. The van der Waals surface area contributed by atoms with Crippen LogP contribution in [0.3, 0.4) is 0 Å². The van der Waals surface area contributed by atoms with Crippen LogP contribution in [0.25, 0.3) is 0 Å². The minimum Gasteiger partial charge on any atom is -0.390 e. The first kappa shape index (κ1) is 21.3. The molecule has 0 spiro atoms. The van der Waals surface area contributed by atoms with Crippen LogP contribution in [0, 0.1) is 10.1 Å². The second-order valence-electron chi connectivity index (χ2n) is 4.88. The van der Waals surface area contributed by atoms with E-state index in [9.17, 15) is 46.7 Å². The second-order valence-corrected chi connectivity index (χ2v) is 5.19. The number of halogens is 7. The van der Waals surface area contributed by atoms with Gasteiger partial charge in [-0.15, -0.1) is 11.6 Å². The number of nitro groups is 1. The first-order valence-corrected chi connectivity index (χ1v) is 6.91. The van der Waals surface area contributed by atoms with Crippen molar-refractivity contribution in [3.8, 4) is 0 Å². The highest BCUT2D eigenvalue weighted by molar-refractivity contribution is 6.18. The van der Waals surface area contributed by atoms with Crippen LogP contribution < -0.4 is 5.32 Å². The molecule has 0 saturated carbocycles. The topological polar surface area (TPSA) is 95.6 Å². The third kappa shape index (κ3) is 4.25. The molecular formula is C12H11ClF6N2O4. The lowest BCUT2D eigenvalue weighted by molar-refractivity contribution is -0.386. The fourth-order valence-electron chi connectivity index (χ4n) is 1.83. The van der Waals surface area contributed by atoms with E-state index in [-0.39, 0.29) is 24.6 Å². The van der Waals surface area contributed by atoms with Crippen molar-refractivity contribution in [1.82, 2.24) is 0 Å². The Morgan fingerprint density at radius 2 is 1.72 bits per heavy atom. The summed E-state index contributed by atoms with van der Waals surface area (Å²) >= 11 is 5.30. The van der Waals surface area contributed by atoms with Crippen molar-refractivity contribution in [2.45, 2.75) is 24.1 Å². The Labute approximate surface area is 141 Å². The van der Waals surface area contributed by atoms with E-state index >= 15 is 0 Å². The molecule has 0 bridgehead atoms. The molecule has 1 aromatic carbocycles. The van der Waals surface area contributed by atoms with E-state index in [0.717, 1.165) is 0 Å². The predicted octanol–water partition coefficient (Wildman–Crippen LogP) is 2.92. The Kier molecular flexibility index (Phi) is 6.13. The summed E-state index contributed by atoms with van der Waals surface area (Å²) in [6.07, 6.45) is -13.5. The molecule has 1 unspecified atom stereocenters. The molecule has 1 aromatic rings. The summed E-state index contributed by atoms with van der Waals surface area (Å²) in [6, 6.07) is 0.788. The molecule has 1 atom stereocenters. The van der Waals surface area contributed by atoms with Crippen molar-refractivity contribution in [1.29, 1.82) is 0 Å². The number of aliphatic hydroxyl groups is 2. The van der Waals surface area contributed by atoms with E-state index in [0.29, 0.717) is 6.07 Å². The summed E-state index contributed by atoms with van der Waals surface area (Å²) in [6.45, 7) is -0.341. The molecule has 0 aliphatic carbocycles. The number of nitro benzene ring substituents is 1. The summed E-state index contributed by atoms with van der Waals surface area (Å²) in [5.74, 6) is -0.263. The standard InChI is InChI=1S/C12H11ClF6N2O4/c13-4-7(22)5-20-8-2-1-6(3-9(8)21(24)25)10(23,11(14,15)16)12(17,18)19/h1-3,7,20,22-23H,4-5H2. The van der Waals surface area contributed by atoms with Gasteiger partial charge >= 0.3 is 12.4 Å². The third-order valence-corrected chi connectivity index (χ3v) is 3.50. The highest BCUT2D eigenvalue weighted by Crippen LogP contribution is 2.50. The molecule has 0 heterocycles. The van der Waals surface area contributed by atoms with Crippen molar-refractivity contribution in [3.63, 3.8) is 0 Å². The van der Waals surface area contributed by atoms with E-state index in [4.69, 9.17) is 11.6 Å². The van der Waals surface area contributed by atoms with Gasteiger partial charge in [0.05, 0.1) is 16.9 Å². The van der Waals surface area contributed by atoms with E-state index < -0.39 is 45.9 Å². The molecule has 0 fully saturated rings. The van der Waals surface area contributed by atoms with Crippen LogP contribution in [0.1, 0.15) is 5.56 Å². The zero-order valence-corrected chi connectivity index (χ0v) is 12.8. The van der Waals surface area contributed by atoms with Crippen LogP contribution in [0.15, 0.2) is 18.2 Å². The van der Waals surface area contributed by atoms with E-state index in [1.807, 2.05) is 0 Å². The number of anilines is 1. The molecule has 0 radical (unpaired) electrons. The normalized spacial score (nSPS) is 14.3. The fourth-order valence-corrected chi connectivity index (χ4v) is 1.94. The van der Waals surface area contributed by atoms with Gasteiger partial charge in [-0.25, -0.2) is 0 Å². The van der Waals surface area contributed by atoms with Gasteiger partial charge in [-0.3, -0.25) is 10.1 Å². The molecule has 0 saturated heterocycles. The van der Waals surface area contributed by atoms with Crippen LogP contribution in [-0.4, -0.2) is 46.0 Å². The minimum atomic E-state index is -6.16. The quantitative estimate of drug-likeness (QED) is 0.297. The maximum atomic E-state index is 12.8. The van der Waals surface area contributed by atoms with Gasteiger partial charge in [-0.2, -0.15) is 26.3 Å². The second kappa shape index (κ2) is 7.22. The van der Waals surface area contributed by atoms with Crippen LogP contribution >= 0.6 is 11.6 Å². The number of nitrogens with one attached hydrogen (secondary N) is 1. The van der Waals surface area contributed by atoms with Crippen LogP contribution in [0.5, 0.6) is 0 Å². The van der Waals surface area contributed by atoms with Gasteiger partial charge in [-0.1, -0.05) is 6.07 Å². The maximum absolute atomic E-state index is 12.8. The summed E-state index contributed by atoms with van der Waals surface area (Å²) in [5.41, 5.74) is -8.64. The molecule has 142 valence electrons. The molecule has 13 heteroatoms. The van der Waals surface area contributed by atoms with E-state index in [1.54, 1.807) is 0 Å². The SMILES string of the molecule is O=[N+]([O-])c1cc(C(O)(C(F)(F)F)C(F)(F)F)ccc1NCC(O)CCl. The van der Waals surface area contributed by atoms with Gasteiger partial charge < -0.3 is 15.5 Å². The molecule has 0 aliphatic rings. The lowest BCUT2D eigenvalue weighted by Gasteiger charge is -2.32. The number of benzene rings is 1. The first-order valence-electron chi connectivity index (χ1n) is 6.38. The number of rotatable bonds is 6. The predicted molar refractivity (Wildman–Crippen MR) is 74.3 cm³/mol. The van der Waals surface area contributed by atoms with Gasteiger partial charge in [0.15, 0.2) is 0 Å². The number of aliphatic hydroxyl groups excluding tert-OH is 1. The van der Waals surface area contributed by atoms with Gasteiger partial charge in [-0.05, 0) is 6.07 Å². The smallest absolute Gasteiger partial charge is 0.390 e. The Morgan fingerprint density at radius 1 is 1.20 bits per heavy atom. The number of hydrogen-bond donors (Lipinski definition) is 3. The molecule has 25 heavy (non-hydrogen) atoms. The molecule has 0 aliphatic heterocycles. The third-order valence-electron chi connectivity index (χ3n) is 3.14. The average Bonchev–Trinajstić information content (AvgIpc) is 2.49. The van der Waals surface area contributed by atoms with Gasteiger partial charge in [0.1, 0.15) is 5.69 Å². The first-order chi connectivity index (χ1) is 11.3. The number of alkyl halides is 7. The highest BCUT2D eigenvalue weighted by Gasteiger charge is 2.71. The lowest BCUT2D eigenvalue weighted by atomic mass is 9.91. The summed E-state index contributed by atoms with van der Waals surface area (Å²) in [7, 11) is 0. The van der Waals surface area contributed by atoms with E-state index in [1.165, 1.54) is 0 Å². The van der Waals surface area contributed by atoms with Gasteiger partial charge in [0.25, 0.3) is 11.3 Å². The van der Waals surface area contributed by atoms with Crippen molar-refractivity contribution in [2.75, 3.05) is 17.7 Å². The number of hydrogen-bond acceptors (Lipinski definition) is 5. The molecule has 0 amide bonds. The largest absolute Gasteiger partial charge is 0.430 e. The maximum Gasteiger partial charge on any atom is 0.430 e. The fraction of sp³-hybridized carbons (Fsp3) is 0.500. The molecule has 6 nitrogen and oxygen atoms in total. The molecule has 3 N–H and O–H groups in total. The lowest BCUT2D eigenvalue weighted by Crippen LogP contribution is -2.53. The Hall–Kier alpha value is -1.79. The van der Waals surface area contributed by atoms with Crippen LogP contribution in [0.2, 0.25) is 0 Å². The molecular weight excluding hydrogens is 386 g/mol. The Morgan fingerprint density at radius 3 is 2.12 bits per heavy atom. The molecule has 0 aromatic heterocycles. The monoisotopic (exact) mass is 396 g/mol. The van der Waals surface area contributed by atoms with Crippen LogP contribution in [-0.2, 0) is 5.60 Å².